The second kappa shape index (κ2) is 10.6. The summed E-state index contributed by atoms with van der Waals surface area (Å²) in [5.41, 5.74) is 8.75. The number of rotatable bonds is 7. The normalized spacial score (nSPS) is 17.7. The van der Waals surface area contributed by atoms with E-state index >= 15 is 0 Å². The van der Waals surface area contributed by atoms with Crippen LogP contribution in [0.15, 0.2) is 103 Å². The maximum Gasteiger partial charge on any atom is 0.290 e. The zero-order chi connectivity index (χ0) is 25.9. The van der Waals surface area contributed by atoms with E-state index in [4.69, 9.17) is 9.47 Å². The number of anilines is 1. The van der Waals surface area contributed by atoms with Crippen LogP contribution in [0.3, 0.4) is 0 Å². The summed E-state index contributed by atoms with van der Waals surface area (Å²) in [5.74, 6) is -0.152. The van der Waals surface area contributed by atoms with Crippen LogP contribution in [0.1, 0.15) is 40.2 Å². The lowest BCUT2D eigenvalue weighted by Crippen LogP contribution is -2.29. The van der Waals surface area contributed by atoms with Gasteiger partial charge in [-0.05, 0) is 63.6 Å². The Hall–Kier alpha value is -4.26. The molecule has 1 aromatic heterocycles. The van der Waals surface area contributed by atoms with Crippen LogP contribution in [0.25, 0.3) is 11.1 Å². The van der Waals surface area contributed by atoms with Crippen LogP contribution < -0.4 is 5.32 Å². The maximum atomic E-state index is 13.2. The highest BCUT2D eigenvalue weighted by Crippen LogP contribution is 2.40. The van der Waals surface area contributed by atoms with Crippen molar-refractivity contribution in [3.63, 3.8) is 0 Å². The van der Waals surface area contributed by atoms with Crippen molar-refractivity contribution < 1.29 is 19.4 Å². The van der Waals surface area contributed by atoms with Crippen LogP contribution in [0.4, 0.5) is 5.69 Å². The number of fused-ring (bicyclic) bond motifs is 3. The van der Waals surface area contributed by atoms with Crippen molar-refractivity contribution in [3.05, 3.63) is 131 Å². The molecule has 0 spiro atoms. The Morgan fingerprint density at radius 1 is 0.974 bits per heavy atom. The van der Waals surface area contributed by atoms with E-state index in [0.29, 0.717) is 18.7 Å². The van der Waals surface area contributed by atoms with Gasteiger partial charge >= 0.3 is 0 Å². The average molecular weight is 505 g/mol. The van der Waals surface area contributed by atoms with Gasteiger partial charge in [0, 0.05) is 18.5 Å². The van der Waals surface area contributed by atoms with Crippen LogP contribution in [0, 0.1) is 0 Å². The van der Waals surface area contributed by atoms with Crippen molar-refractivity contribution in [1.29, 1.82) is 0 Å². The monoisotopic (exact) mass is 504 g/mol. The van der Waals surface area contributed by atoms with Crippen LogP contribution >= 0.6 is 0 Å². The van der Waals surface area contributed by atoms with Crippen LogP contribution in [-0.4, -0.2) is 22.3 Å². The predicted molar refractivity (Wildman–Crippen MR) is 145 cm³/mol. The Bertz CT molecular complexity index is 1480. The second-order valence-corrected chi connectivity index (χ2v) is 9.65. The fourth-order valence-corrected chi connectivity index (χ4v) is 5.11. The summed E-state index contributed by atoms with van der Waals surface area (Å²) in [6.07, 6.45) is 6.05. The number of nitrogens with one attached hydrogen (secondary N) is 1. The molecule has 1 amide bonds. The van der Waals surface area contributed by atoms with Crippen molar-refractivity contribution in [1.82, 2.24) is 4.98 Å². The minimum Gasteiger partial charge on any atom is -0.459 e. The third kappa shape index (κ3) is 5.09. The Morgan fingerprint density at radius 2 is 1.79 bits per heavy atom. The first-order valence-electron chi connectivity index (χ1n) is 12.8. The number of aliphatic hydroxyl groups is 1. The molecule has 2 aliphatic rings. The molecule has 2 heterocycles. The maximum absolute atomic E-state index is 13.2. The number of hydrogen-bond acceptors (Lipinski definition) is 5. The van der Waals surface area contributed by atoms with Gasteiger partial charge in [-0.1, -0.05) is 66.7 Å². The standard InChI is InChI=1S/C32H28N2O4/c35-19-21-7-9-22(10-8-21)20-37-31-17-25(16-30(38-31)32(36)34-27-5-3-13-33-18-27)23-11-12-29-26(14-23)15-24-4-1-2-6-28(24)29/h1-14,16,18,25,31,35H,15,17,19-20H2,(H,34,36)/t25-,31+/m1/s1. The molecule has 6 nitrogen and oxygen atoms in total. The number of allylic oxidation sites excluding steroid dienone is 1. The highest BCUT2D eigenvalue weighted by atomic mass is 16.7. The number of aromatic nitrogens is 1. The molecule has 1 aliphatic carbocycles. The summed E-state index contributed by atoms with van der Waals surface area (Å²) >= 11 is 0. The molecule has 0 unspecified atom stereocenters. The van der Waals surface area contributed by atoms with Crippen LogP contribution in [0.5, 0.6) is 0 Å². The lowest BCUT2D eigenvalue weighted by atomic mass is 9.90. The van der Waals surface area contributed by atoms with Gasteiger partial charge in [-0.3, -0.25) is 9.78 Å². The predicted octanol–water partition coefficient (Wildman–Crippen LogP) is 5.71. The van der Waals surface area contributed by atoms with Gasteiger partial charge in [-0.25, -0.2) is 0 Å². The average Bonchev–Trinajstić information content (AvgIpc) is 3.34. The van der Waals surface area contributed by atoms with E-state index in [0.717, 1.165) is 23.1 Å². The van der Waals surface area contributed by atoms with E-state index < -0.39 is 6.29 Å². The molecule has 6 rings (SSSR count). The first-order chi connectivity index (χ1) is 18.7. The molecule has 0 saturated heterocycles. The first-order valence-corrected chi connectivity index (χ1v) is 12.8. The molecule has 0 radical (unpaired) electrons. The van der Waals surface area contributed by atoms with Gasteiger partial charge < -0.3 is 19.9 Å². The number of benzene rings is 3. The van der Waals surface area contributed by atoms with Gasteiger partial charge in [-0.15, -0.1) is 0 Å². The summed E-state index contributed by atoms with van der Waals surface area (Å²) in [4.78, 5) is 17.2. The molecule has 2 atom stereocenters. The summed E-state index contributed by atoms with van der Waals surface area (Å²) in [5, 5.41) is 12.2. The number of nitrogens with zero attached hydrogens (tertiary/aromatic N) is 1. The van der Waals surface area contributed by atoms with Crippen molar-refractivity contribution in [2.24, 2.45) is 0 Å². The first kappa shape index (κ1) is 24.1. The zero-order valence-corrected chi connectivity index (χ0v) is 20.8. The molecule has 6 heteroatoms. The molecule has 0 fully saturated rings. The number of carbonyl (C=O) groups is 1. The SMILES string of the molecule is O=C(Nc1cccnc1)C1=C[C@@H](c2ccc3c(c2)Cc2ccccc2-3)C[C@@H](OCc2ccc(CO)cc2)O1. The third-order valence-electron chi connectivity index (χ3n) is 7.09. The number of pyridine rings is 1. The third-order valence-corrected chi connectivity index (χ3v) is 7.09. The van der Waals surface area contributed by atoms with E-state index in [2.05, 4.69) is 52.8 Å². The Balaban J connectivity index is 1.24. The van der Waals surface area contributed by atoms with E-state index in [9.17, 15) is 9.90 Å². The Morgan fingerprint density at radius 3 is 2.61 bits per heavy atom. The fraction of sp³-hybridized carbons (Fsp3) is 0.188. The van der Waals surface area contributed by atoms with Crippen LogP contribution in [-0.2, 0) is 33.9 Å². The molecule has 190 valence electrons. The summed E-state index contributed by atoms with van der Waals surface area (Å²) in [6.45, 7) is 0.334. The lowest BCUT2D eigenvalue weighted by molar-refractivity contribution is -0.147. The molecule has 0 saturated carbocycles. The molecule has 38 heavy (non-hydrogen) atoms. The summed E-state index contributed by atoms with van der Waals surface area (Å²) < 4.78 is 12.2. The van der Waals surface area contributed by atoms with Gasteiger partial charge in [-0.2, -0.15) is 0 Å². The van der Waals surface area contributed by atoms with Crippen molar-refractivity contribution in [2.75, 3.05) is 5.32 Å². The minimum atomic E-state index is -0.595. The van der Waals surface area contributed by atoms with E-state index in [1.807, 2.05) is 30.3 Å². The molecule has 0 bridgehead atoms. The number of aliphatic hydroxyl groups excluding tert-OH is 1. The van der Waals surface area contributed by atoms with E-state index in [-0.39, 0.29) is 24.2 Å². The molecular weight excluding hydrogens is 476 g/mol. The quantitative estimate of drug-likeness (QED) is 0.297. The Labute approximate surface area is 221 Å². The number of carbonyl (C=O) groups excluding carboxylic acids is 1. The molecule has 3 aromatic carbocycles. The lowest BCUT2D eigenvalue weighted by Gasteiger charge is -2.29. The van der Waals surface area contributed by atoms with Gasteiger partial charge in [0.2, 0.25) is 6.29 Å². The molecule has 2 N–H and O–H groups in total. The summed E-state index contributed by atoms with van der Waals surface area (Å²) in [6, 6.07) is 26.3. The van der Waals surface area contributed by atoms with Crippen molar-refractivity contribution in [3.8, 4) is 11.1 Å². The number of ether oxygens (including phenoxy) is 2. The van der Waals surface area contributed by atoms with E-state index in [1.165, 1.54) is 22.3 Å². The topological polar surface area (TPSA) is 80.7 Å². The largest absolute Gasteiger partial charge is 0.459 e. The second-order valence-electron chi connectivity index (χ2n) is 9.65. The summed E-state index contributed by atoms with van der Waals surface area (Å²) in [7, 11) is 0. The zero-order valence-electron chi connectivity index (χ0n) is 20.8. The molecule has 1 aliphatic heterocycles. The smallest absolute Gasteiger partial charge is 0.290 e. The highest BCUT2D eigenvalue weighted by Gasteiger charge is 2.30. The minimum absolute atomic E-state index is 0.000608. The molecular formula is C32H28N2O4. The van der Waals surface area contributed by atoms with Crippen molar-refractivity contribution in [2.45, 2.75) is 38.3 Å². The van der Waals surface area contributed by atoms with Gasteiger partial charge in [0.05, 0.1) is 25.1 Å². The number of amides is 1. The Kier molecular flexibility index (Phi) is 6.73. The van der Waals surface area contributed by atoms with Gasteiger partial charge in [0.15, 0.2) is 5.76 Å². The van der Waals surface area contributed by atoms with E-state index in [1.54, 1.807) is 24.5 Å². The van der Waals surface area contributed by atoms with Crippen molar-refractivity contribution >= 4 is 11.6 Å². The van der Waals surface area contributed by atoms with Gasteiger partial charge in [0.1, 0.15) is 0 Å². The molecule has 4 aromatic rings. The van der Waals surface area contributed by atoms with Crippen LogP contribution in [0.2, 0.25) is 0 Å². The van der Waals surface area contributed by atoms with Gasteiger partial charge in [0.25, 0.3) is 5.91 Å². The number of hydrogen-bond donors (Lipinski definition) is 2. The fourth-order valence-electron chi connectivity index (χ4n) is 5.11. The highest BCUT2D eigenvalue weighted by molar-refractivity contribution is 6.02.